The number of benzene rings is 1. The number of aryl methyl sites for hydroxylation is 3. The molecule has 0 radical (unpaired) electrons. The van der Waals surface area contributed by atoms with Gasteiger partial charge in [-0.2, -0.15) is 0 Å². The lowest BCUT2D eigenvalue weighted by Crippen LogP contribution is -1.98. The molecular formula is C13H12ClIN2. The molecular weight excluding hydrogens is 347 g/mol. The Bertz CT molecular complexity index is 559. The van der Waals surface area contributed by atoms with Crippen LogP contribution in [0.15, 0.2) is 18.2 Å². The molecule has 0 fully saturated rings. The van der Waals surface area contributed by atoms with Crippen LogP contribution < -0.4 is 0 Å². The Morgan fingerprint density at radius 2 is 1.82 bits per heavy atom. The Labute approximate surface area is 120 Å². The van der Waals surface area contributed by atoms with Gasteiger partial charge in [0, 0.05) is 5.56 Å². The summed E-state index contributed by atoms with van der Waals surface area (Å²) in [6.45, 7) is 6.08. The third kappa shape index (κ3) is 2.60. The molecule has 17 heavy (non-hydrogen) atoms. The van der Waals surface area contributed by atoms with Crippen molar-refractivity contribution in [2.75, 3.05) is 0 Å². The fraction of sp³-hybridized carbons (Fsp3) is 0.231. The zero-order chi connectivity index (χ0) is 12.6. The van der Waals surface area contributed by atoms with Crippen molar-refractivity contribution in [3.63, 3.8) is 0 Å². The van der Waals surface area contributed by atoms with Gasteiger partial charge >= 0.3 is 0 Å². The molecule has 88 valence electrons. The van der Waals surface area contributed by atoms with Gasteiger partial charge in [-0.05, 0) is 48.9 Å². The maximum atomic E-state index is 6.09. The molecule has 1 aromatic carbocycles. The average molecular weight is 359 g/mol. The fourth-order valence-electron chi connectivity index (χ4n) is 1.71. The first-order valence-electron chi connectivity index (χ1n) is 5.26. The van der Waals surface area contributed by atoms with Crippen molar-refractivity contribution in [2.45, 2.75) is 20.8 Å². The highest BCUT2D eigenvalue weighted by atomic mass is 127. The monoisotopic (exact) mass is 358 g/mol. The summed E-state index contributed by atoms with van der Waals surface area (Å²) < 4.78 is 0.915. The molecule has 0 bridgehead atoms. The van der Waals surface area contributed by atoms with E-state index in [1.165, 1.54) is 11.1 Å². The van der Waals surface area contributed by atoms with Gasteiger partial charge in [0.15, 0.2) is 5.82 Å². The van der Waals surface area contributed by atoms with Crippen LogP contribution in [0.25, 0.3) is 11.4 Å². The first-order valence-corrected chi connectivity index (χ1v) is 6.72. The van der Waals surface area contributed by atoms with Gasteiger partial charge in [0.2, 0.25) is 0 Å². The van der Waals surface area contributed by atoms with E-state index in [-0.39, 0.29) is 0 Å². The van der Waals surface area contributed by atoms with Crippen molar-refractivity contribution in [3.05, 3.63) is 43.7 Å². The molecule has 2 rings (SSSR count). The van der Waals surface area contributed by atoms with Crippen LogP contribution in [0.2, 0.25) is 5.15 Å². The number of nitrogens with zero attached hydrogens (tertiary/aromatic N) is 2. The molecule has 0 spiro atoms. The van der Waals surface area contributed by atoms with Crippen molar-refractivity contribution >= 4 is 34.2 Å². The van der Waals surface area contributed by atoms with Crippen molar-refractivity contribution in [1.82, 2.24) is 9.97 Å². The van der Waals surface area contributed by atoms with Crippen LogP contribution in [0.3, 0.4) is 0 Å². The molecule has 2 nitrogen and oxygen atoms in total. The topological polar surface area (TPSA) is 25.8 Å². The highest BCUT2D eigenvalue weighted by Crippen LogP contribution is 2.25. The van der Waals surface area contributed by atoms with Gasteiger partial charge < -0.3 is 0 Å². The number of halogens is 2. The molecule has 1 heterocycles. The lowest BCUT2D eigenvalue weighted by Gasteiger charge is -2.08. The van der Waals surface area contributed by atoms with E-state index in [9.17, 15) is 0 Å². The summed E-state index contributed by atoms with van der Waals surface area (Å²) >= 11 is 8.26. The van der Waals surface area contributed by atoms with Crippen molar-refractivity contribution in [1.29, 1.82) is 0 Å². The summed E-state index contributed by atoms with van der Waals surface area (Å²) in [4.78, 5) is 8.83. The quantitative estimate of drug-likeness (QED) is 0.560. The molecule has 0 aliphatic heterocycles. The van der Waals surface area contributed by atoms with Crippen molar-refractivity contribution in [3.8, 4) is 11.4 Å². The first kappa shape index (κ1) is 12.8. The molecule has 0 aliphatic rings. The molecule has 0 aliphatic carbocycles. The van der Waals surface area contributed by atoms with E-state index in [4.69, 9.17) is 11.6 Å². The van der Waals surface area contributed by atoms with Crippen molar-refractivity contribution < 1.29 is 0 Å². The van der Waals surface area contributed by atoms with Crippen LogP contribution in [-0.2, 0) is 0 Å². The van der Waals surface area contributed by atoms with E-state index in [2.05, 4.69) is 58.5 Å². The van der Waals surface area contributed by atoms with Crippen molar-refractivity contribution in [2.24, 2.45) is 0 Å². The largest absolute Gasteiger partial charge is 0.232 e. The standard InChI is InChI=1S/C13H12ClIN2/c1-7-4-5-10(8(2)6-7)13-16-9(3)11(15)12(14)17-13/h4-6H,1-3H3. The predicted octanol–water partition coefficient (Wildman–Crippen LogP) is 4.33. The van der Waals surface area contributed by atoms with E-state index in [1.807, 2.05) is 13.0 Å². The Morgan fingerprint density at radius 1 is 1.12 bits per heavy atom. The van der Waals surface area contributed by atoms with Gasteiger partial charge in [-0.25, -0.2) is 9.97 Å². The van der Waals surface area contributed by atoms with Gasteiger partial charge in [0.1, 0.15) is 5.15 Å². The second-order valence-corrected chi connectivity index (χ2v) is 5.49. The molecule has 4 heteroatoms. The number of hydrogen-bond acceptors (Lipinski definition) is 2. The summed E-state index contributed by atoms with van der Waals surface area (Å²) in [6, 6.07) is 6.23. The lowest BCUT2D eigenvalue weighted by molar-refractivity contribution is 1.09. The minimum Gasteiger partial charge on any atom is -0.232 e. The molecule has 2 aromatic rings. The molecule has 0 saturated heterocycles. The zero-order valence-electron chi connectivity index (χ0n) is 9.88. The van der Waals surface area contributed by atoms with Gasteiger partial charge in [-0.1, -0.05) is 35.4 Å². The highest BCUT2D eigenvalue weighted by Gasteiger charge is 2.10. The van der Waals surface area contributed by atoms with Crippen LogP contribution in [0.1, 0.15) is 16.8 Å². The Balaban J connectivity index is 2.61. The normalized spacial score (nSPS) is 10.6. The Kier molecular flexibility index (Phi) is 3.68. The summed E-state index contributed by atoms with van der Waals surface area (Å²) in [5.74, 6) is 0.699. The van der Waals surface area contributed by atoms with E-state index in [0.717, 1.165) is 14.8 Å². The minimum absolute atomic E-state index is 0.521. The van der Waals surface area contributed by atoms with E-state index < -0.39 is 0 Å². The fourth-order valence-corrected chi connectivity index (χ4v) is 2.17. The molecule has 0 unspecified atom stereocenters. The van der Waals surface area contributed by atoms with E-state index in [1.54, 1.807) is 0 Å². The molecule has 0 saturated carbocycles. The van der Waals surface area contributed by atoms with Crippen LogP contribution >= 0.6 is 34.2 Å². The smallest absolute Gasteiger partial charge is 0.161 e. The minimum atomic E-state index is 0.521. The summed E-state index contributed by atoms with van der Waals surface area (Å²) in [6.07, 6.45) is 0. The third-order valence-electron chi connectivity index (χ3n) is 2.60. The van der Waals surface area contributed by atoms with Crippen LogP contribution in [0.4, 0.5) is 0 Å². The average Bonchev–Trinajstić information content (AvgIpc) is 2.25. The number of aromatic nitrogens is 2. The maximum absolute atomic E-state index is 6.09. The number of rotatable bonds is 1. The van der Waals surface area contributed by atoms with E-state index >= 15 is 0 Å². The molecule has 0 amide bonds. The number of hydrogen-bond donors (Lipinski definition) is 0. The third-order valence-corrected chi connectivity index (χ3v) is 4.48. The zero-order valence-corrected chi connectivity index (χ0v) is 12.8. The van der Waals surface area contributed by atoms with Gasteiger partial charge in [0.25, 0.3) is 0 Å². The summed E-state index contributed by atoms with van der Waals surface area (Å²) in [5, 5.41) is 0.521. The van der Waals surface area contributed by atoms with Crippen LogP contribution in [0.5, 0.6) is 0 Å². The van der Waals surface area contributed by atoms with E-state index in [0.29, 0.717) is 11.0 Å². The SMILES string of the molecule is Cc1ccc(-c2nc(C)c(I)c(Cl)n2)c(C)c1. The van der Waals surface area contributed by atoms with Crippen LogP contribution in [-0.4, -0.2) is 9.97 Å². The molecule has 0 atom stereocenters. The van der Waals surface area contributed by atoms with Gasteiger partial charge in [-0.3, -0.25) is 0 Å². The summed E-state index contributed by atoms with van der Waals surface area (Å²) in [7, 11) is 0. The second kappa shape index (κ2) is 4.90. The molecule has 0 N–H and O–H groups in total. The van der Waals surface area contributed by atoms with Gasteiger partial charge in [-0.15, -0.1) is 0 Å². The Morgan fingerprint density at radius 3 is 2.41 bits per heavy atom. The second-order valence-electron chi connectivity index (χ2n) is 4.06. The van der Waals surface area contributed by atoms with Gasteiger partial charge in [0.05, 0.1) is 9.26 Å². The highest BCUT2D eigenvalue weighted by molar-refractivity contribution is 14.1. The maximum Gasteiger partial charge on any atom is 0.161 e. The van der Waals surface area contributed by atoms with Crippen LogP contribution in [0, 0.1) is 24.3 Å². The molecule has 1 aromatic heterocycles. The predicted molar refractivity (Wildman–Crippen MR) is 79.4 cm³/mol. The first-order chi connectivity index (χ1) is 7.99. The Hall–Kier alpha value is -0.680. The lowest BCUT2D eigenvalue weighted by atomic mass is 10.1. The summed E-state index contributed by atoms with van der Waals surface area (Å²) in [5.41, 5.74) is 4.36.